The third kappa shape index (κ3) is 2.03. The van der Waals surface area contributed by atoms with Crippen LogP contribution in [-0.2, 0) is 0 Å². The Balaban J connectivity index is 1.82. The van der Waals surface area contributed by atoms with Crippen molar-refractivity contribution in [2.75, 3.05) is 18.0 Å². The fourth-order valence-corrected chi connectivity index (χ4v) is 3.84. The molecule has 1 saturated heterocycles. The van der Waals surface area contributed by atoms with Crippen LogP contribution in [0.3, 0.4) is 0 Å². The van der Waals surface area contributed by atoms with Crippen molar-refractivity contribution in [3.05, 3.63) is 28.8 Å². The number of benzene rings is 1. The van der Waals surface area contributed by atoms with E-state index in [9.17, 15) is 4.79 Å². The number of carbonyl (C=O) groups excluding carboxylic acids is 1. The molecule has 0 radical (unpaired) electrons. The molecule has 1 aliphatic heterocycles. The molecule has 1 aromatic rings. The van der Waals surface area contributed by atoms with Crippen LogP contribution in [0.2, 0.25) is 5.02 Å². The SMILES string of the molecule is O=Cc1ccc(N2CCC3(CCCC3)C2)c(Cl)c1. The Labute approximate surface area is 113 Å². The van der Waals surface area contributed by atoms with Crippen molar-refractivity contribution in [2.24, 2.45) is 5.41 Å². The van der Waals surface area contributed by atoms with E-state index in [0.29, 0.717) is 16.0 Å². The Morgan fingerprint density at radius 1 is 1.22 bits per heavy atom. The van der Waals surface area contributed by atoms with Gasteiger partial charge in [0.05, 0.1) is 10.7 Å². The van der Waals surface area contributed by atoms with Crippen LogP contribution in [0, 0.1) is 5.41 Å². The highest BCUT2D eigenvalue weighted by Crippen LogP contribution is 2.47. The zero-order valence-electron chi connectivity index (χ0n) is 10.5. The molecule has 2 fully saturated rings. The highest BCUT2D eigenvalue weighted by atomic mass is 35.5. The van der Waals surface area contributed by atoms with Crippen molar-refractivity contribution >= 4 is 23.6 Å². The largest absolute Gasteiger partial charge is 0.370 e. The van der Waals surface area contributed by atoms with Gasteiger partial charge in [-0.05, 0) is 42.9 Å². The van der Waals surface area contributed by atoms with Crippen molar-refractivity contribution < 1.29 is 4.79 Å². The molecule has 2 aliphatic rings. The van der Waals surface area contributed by atoms with Gasteiger partial charge in [-0.2, -0.15) is 0 Å². The van der Waals surface area contributed by atoms with Crippen LogP contribution >= 0.6 is 11.6 Å². The summed E-state index contributed by atoms with van der Waals surface area (Å²) in [5, 5.41) is 0.703. The Hall–Kier alpha value is -1.02. The average Bonchev–Trinajstić information content (AvgIpc) is 3.00. The number of hydrogen-bond acceptors (Lipinski definition) is 2. The second kappa shape index (κ2) is 4.58. The second-order valence-electron chi connectivity index (χ2n) is 5.71. The Kier molecular flexibility index (Phi) is 3.06. The van der Waals surface area contributed by atoms with Crippen molar-refractivity contribution in [3.63, 3.8) is 0 Å². The third-order valence-electron chi connectivity index (χ3n) is 4.55. The monoisotopic (exact) mass is 263 g/mol. The van der Waals surface area contributed by atoms with Gasteiger partial charge in [-0.3, -0.25) is 4.79 Å². The molecule has 0 unspecified atom stereocenters. The van der Waals surface area contributed by atoms with E-state index in [1.807, 2.05) is 12.1 Å². The molecule has 96 valence electrons. The van der Waals surface area contributed by atoms with E-state index in [1.54, 1.807) is 6.07 Å². The first kappa shape index (κ1) is 12.0. The Morgan fingerprint density at radius 3 is 2.67 bits per heavy atom. The van der Waals surface area contributed by atoms with Gasteiger partial charge in [-0.1, -0.05) is 24.4 Å². The maximum absolute atomic E-state index is 10.7. The quantitative estimate of drug-likeness (QED) is 0.754. The highest BCUT2D eigenvalue weighted by Gasteiger charge is 2.40. The molecule has 1 heterocycles. The van der Waals surface area contributed by atoms with E-state index in [2.05, 4.69) is 4.90 Å². The molecule has 0 N–H and O–H groups in total. The fourth-order valence-electron chi connectivity index (χ4n) is 3.53. The molecule has 1 aliphatic carbocycles. The maximum Gasteiger partial charge on any atom is 0.150 e. The molecule has 1 aromatic carbocycles. The van der Waals surface area contributed by atoms with E-state index in [-0.39, 0.29) is 0 Å². The van der Waals surface area contributed by atoms with E-state index in [1.165, 1.54) is 32.1 Å². The smallest absolute Gasteiger partial charge is 0.150 e. The van der Waals surface area contributed by atoms with Crippen molar-refractivity contribution in [1.29, 1.82) is 0 Å². The minimum atomic E-state index is 0.548. The minimum absolute atomic E-state index is 0.548. The van der Waals surface area contributed by atoms with Crippen LogP contribution in [0.1, 0.15) is 42.5 Å². The number of carbonyl (C=O) groups is 1. The van der Waals surface area contributed by atoms with E-state index >= 15 is 0 Å². The molecule has 0 amide bonds. The number of hydrogen-bond donors (Lipinski definition) is 0. The van der Waals surface area contributed by atoms with Gasteiger partial charge in [0.15, 0.2) is 0 Å². The van der Waals surface area contributed by atoms with E-state index in [4.69, 9.17) is 11.6 Å². The number of halogens is 1. The van der Waals surface area contributed by atoms with Crippen molar-refractivity contribution in [1.82, 2.24) is 0 Å². The number of nitrogens with zero attached hydrogens (tertiary/aromatic N) is 1. The van der Waals surface area contributed by atoms with Gasteiger partial charge in [0.2, 0.25) is 0 Å². The number of rotatable bonds is 2. The first-order valence-corrected chi connectivity index (χ1v) is 7.10. The van der Waals surface area contributed by atoms with Crippen LogP contribution < -0.4 is 4.90 Å². The molecule has 3 heteroatoms. The van der Waals surface area contributed by atoms with Gasteiger partial charge in [0, 0.05) is 18.7 Å². The Bertz CT molecular complexity index is 466. The standard InChI is InChI=1S/C15H18ClNO/c16-13-9-12(10-18)3-4-14(13)17-8-7-15(11-17)5-1-2-6-15/h3-4,9-10H,1-2,5-8,11H2. The molecule has 0 aromatic heterocycles. The van der Waals surface area contributed by atoms with Crippen LogP contribution in [0.25, 0.3) is 0 Å². The predicted molar refractivity (Wildman–Crippen MR) is 74.6 cm³/mol. The van der Waals surface area contributed by atoms with Gasteiger partial charge in [0.25, 0.3) is 0 Å². The minimum Gasteiger partial charge on any atom is -0.370 e. The summed E-state index contributed by atoms with van der Waals surface area (Å²) in [4.78, 5) is 13.1. The first-order chi connectivity index (χ1) is 8.72. The number of anilines is 1. The first-order valence-electron chi connectivity index (χ1n) is 6.72. The molecular weight excluding hydrogens is 246 g/mol. The van der Waals surface area contributed by atoms with Gasteiger partial charge >= 0.3 is 0 Å². The summed E-state index contributed by atoms with van der Waals surface area (Å²) in [6, 6.07) is 5.61. The molecule has 1 saturated carbocycles. The van der Waals surface area contributed by atoms with Crippen LogP contribution in [0.4, 0.5) is 5.69 Å². The normalized spacial score (nSPS) is 21.7. The van der Waals surface area contributed by atoms with Crippen LogP contribution in [0.5, 0.6) is 0 Å². The van der Waals surface area contributed by atoms with Crippen LogP contribution in [-0.4, -0.2) is 19.4 Å². The third-order valence-corrected chi connectivity index (χ3v) is 4.85. The zero-order chi connectivity index (χ0) is 12.6. The van der Waals surface area contributed by atoms with E-state index in [0.717, 1.165) is 25.1 Å². The van der Waals surface area contributed by atoms with Crippen molar-refractivity contribution in [3.8, 4) is 0 Å². The molecule has 2 nitrogen and oxygen atoms in total. The second-order valence-corrected chi connectivity index (χ2v) is 6.11. The summed E-state index contributed by atoms with van der Waals surface area (Å²) in [6.45, 7) is 2.23. The summed E-state index contributed by atoms with van der Waals surface area (Å²) < 4.78 is 0. The molecule has 0 atom stereocenters. The topological polar surface area (TPSA) is 20.3 Å². The molecule has 1 spiro atoms. The van der Waals surface area contributed by atoms with Crippen molar-refractivity contribution in [2.45, 2.75) is 32.1 Å². The lowest BCUT2D eigenvalue weighted by Crippen LogP contribution is -2.25. The van der Waals surface area contributed by atoms with Gasteiger partial charge in [-0.25, -0.2) is 0 Å². The van der Waals surface area contributed by atoms with Gasteiger partial charge < -0.3 is 4.90 Å². The lowest BCUT2D eigenvalue weighted by Gasteiger charge is -2.25. The van der Waals surface area contributed by atoms with Crippen LogP contribution in [0.15, 0.2) is 18.2 Å². The Morgan fingerprint density at radius 2 is 2.00 bits per heavy atom. The highest BCUT2D eigenvalue weighted by molar-refractivity contribution is 6.33. The summed E-state index contributed by atoms with van der Waals surface area (Å²) in [7, 11) is 0. The summed E-state index contributed by atoms with van der Waals surface area (Å²) in [6.07, 6.45) is 7.63. The molecule has 0 bridgehead atoms. The maximum atomic E-state index is 10.7. The molecule has 3 rings (SSSR count). The number of aldehydes is 1. The lowest BCUT2D eigenvalue weighted by molar-refractivity contribution is 0.112. The summed E-state index contributed by atoms with van der Waals surface area (Å²) in [5.74, 6) is 0. The summed E-state index contributed by atoms with van der Waals surface area (Å²) in [5.41, 5.74) is 2.29. The fraction of sp³-hybridized carbons (Fsp3) is 0.533. The van der Waals surface area contributed by atoms with Gasteiger partial charge in [-0.15, -0.1) is 0 Å². The predicted octanol–water partition coefficient (Wildman–Crippen LogP) is 3.92. The lowest BCUT2D eigenvalue weighted by atomic mass is 9.86. The van der Waals surface area contributed by atoms with E-state index < -0.39 is 0 Å². The molecular formula is C15H18ClNO. The zero-order valence-corrected chi connectivity index (χ0v) is 11.2. The molecule has 18 heavy (non-hydrogen) atoms. The average molecular weight is 264 g/mol. The summed E-state index contributed by atoms with van der Waals surface area (Å²) >= 11 is 6.28. The van der Waals surface area contributed by atoms with Gasteiger partial charge in [0.1, 0.15) is 6.29 Å².